The Hall–Kier alpha value is -5.70. The smallest absolute Gasteiger partial charge is 0.414 e. The van der Waals surface area contributed by atoms with E-state index in [2.05, 4.69) is 16.2 Å². The van der Waals surface area contributed by atoms with Crippen molar-refractivity contribution >= 4 is 46.9 Å². The summed E-state index contributed by atoms with van der Waals surface area (Å²) >= 11 is 0. The first-order chi connectivity index (χ1) is 26.3. The number of benzene rings is 3. The lowest BCUT2D eigenvalue weighted by atomic mass is 10.1. The van der Waals surface area contributed by atoms with Gasteiger partial charge in [0.15, 0.2) is 0 Å². The number of cyclic esters (lactones) is 1. The molecule has 2 fully saturated rings. The fourth-order valence-corrected chi connectivity index (χ4v) is 6.05. The molecule has 3 N–H and O–H groups in total. The average molecular weight is 761 g/mol. The molecule has 0 spiro atoms. The molecule has 2 heterocycles. The van der Waals surface area contributed by atoms with E-state index in [1.54, 1.807) is 44.7 Å². The number of hydrogen-bond donors (Lipinski definition) is 3. The van der Waals surface area contributed by atoms with Crippen LogP contribution in [0.25, 0.3) is 0 Å². The third kappa shape index (κ3) is 11.9. The predicted molar refractivity (Wildman–Crippen MR) is 204 cm³/mol. The van der Waals surface area contributed by atoms with Gasteiger partial charge in [-0.1, -0.05) is 42.5 Å². The maximum absolute atomic E-state index is 15.3. The van der Waals surface area contributed by atoms with Gasteiger partial charge >= 0.3 is 18.2 Å². The zero-order valence-electron chi connectivity index (χ0n) is 31.6. The van der Waals surface area contributed by atoms with Gasteiger partial charge in [0.1, 0.15) is 24.1 Å². The summed E-state index contributed by atoms with van der Waals surface area (Å²) in [5, 5.41) is 2.59. The molecule has 3 aromatic rings. The highest BCUT2D eigenvalue weighted by molar-refractivity contribution is 6.35. The molecular formula is C40H49FN6O8. The number of ketones is 1. The third-order valence-corrected chi connectivity index (χ3v) is 9.01. The van der Waals surface area contributed by atoms with Crippen LogP contribution in [-0.2, 0) is 41.6 Å². The molecule has 2 aliphatic heterocycles. The van der Waals surface area contributed by atoms with Crippen LogP contribution in [0.4, 0.5) is 31.0 Å². The number of nitrogens with zero attached hydrogens (tertiary/aromatic N) is 3. The van der Waals surface area contributed by atoms with Gasteiger partial charge in [0.25, 0.3) is 5.78 Å². The van der Waals surface area contributed by atoms with E-state index in [4.69, 9.17) is 14.2 Å². The van der Waals surface area contributed by atoms with E-state index < -0.39 is 47.5 Å². The summed E-state index contributed by atoms with van der Waals surface area (Å²) in [6.45, 7) is 8.91. The maximum atomic E-state index is 15.3. The fraction of sp³-hybridized carbons (Fsp3) is 0.425. The number of nitrogens with one attached hydrogen (secondary N) is 3. The summed E-state index contributed by atoms with van der Waals surface area (Å²) < 4.78 is 31.0. The number of alkyl carbamates (subject to hydrolysis) is 1. The fourth-order valence-electron chi connectivity index (χ4n) is 6.05. The minimum atomic E-state index is -0.909. The Kier molecular flexibility index (Phi) is 13.7. The van der Waals surface area contributed by atoms with Gasteiger partial charge in [0.2, 0.25) is 5.91 Å². The summed E-state index contributed by atoms with van der Waals surface area (Å²) in [7, 11) is 0. The van der Waals surface area contributed by atoms with Gasteiger partial charge in [-0.3, -0.25) is 14.5 Å². The van der Waals surface area contributed by atoms with Crippen molar-refractivity contribution in [1.82, 2.24) is 15.6 Å². The lowest BCUT2D eigenvalue weighted by Crippen LogP contribution is -2.49. The first-order valence-electron chi connectivity index (χ1n) is 18.4. The standard InChI is InChI=1S/C40H49FN6O8/c1-27(36(49)37(50)53-26-29-9-6-5-7-10-29)43-44-30-15-13-28(14-16-30)11-8-12-35(48)46-21-19-45(20-22-46)34-18-17-31(23-33(34)41)47-25-32(54-39(47)52)24-42-38(51)55-40(2,3)4/h5-7,9-10,13-18,23,27,32,43-44H,8,11-12,19-22,24-26H2,1-4H3,(H,42,51)/t27-,32-/m0/s1. The monoisotopic (exact) mass is 760 g/mol. The van der Waals surface area contributed by atoms with Crippen molar-refractivity contribution in [2.45, 2.75) is 71.3 Å². The topological polar surface area (TPSA) is 159 Å². The molecule has 2 aliphatic rings. The molecule has 2 atom stereocenters. The van der Waals surface area contributed by atoms with Crippen molar-refractivity contribution in [3.05, 3.63) is 89.7 Å². The molecule has 3 aromatic carbocycles. The number of hydrazine groups is 1. The number of Topliss-reactive ketones (excluding diaryl/α,β-unsaturated/α-hetero) is 1. The van der Waals surface area contributed by atoms with E-state index in [1.807, 2.05) is 59.5 Å². The molecule has 15 heteroatoms. The Morgan fingerprint density at radius 1 is 0.945 bits per heavy atom. The number of rotatable bonds is 15. The van der Waals surface area contributed by atoms with E-state index >= 15 is 4.39 Å². The van der Waals surface area contributed by atoms with Crippen LogP contribution in [0.3, 0.4) is 0 Å². The molecule has 0 saturated carbocycles. The van der Waals surface area contributed by atoms with Crippen LogP contribution in [0, 0.1) is 5.82 Å². The second-order valence-corrected chi connectivity index (χ2v) is 14.5. The van der Waals surface area contributed by atoms with E-state index in [-0.39, 0.29) is 25.6 Å². The highest BCUT2D eigenvalue weighted by Gasteiger charge is 2.34. The summed E-state index contributed by atoms with van der Waals surface area (Å²) in [6.07, 6.45) is -0.116. The molecule has 0 radical (unpaired) electrons. The normalized spacial score (nSPS) is 16.3. The number of ether oxygens (including phenoxy) is 3. The minimum Gasteiger partial charge on any atom is -0.455 e. The van der Waals surface area contributed by atoms with Crippen molar-refractivity contribution in [1.29, 1.82) is 0 Å². The second-order valence-electron chi connectivity index (χ2n) is 14.5. The minimum absolute atomic E-state index is 0.0240. The van der Waals surface area contributed by atoms with Crippen LogP contribution in [-0.4, -0.2) is 91.8 Å². The van der Waals surface area contributed by atoms with E-state index in [9.17, 15) is 24.0 Å². The number of piperazine rings is 1. The molecule has 0 bridgehead atoms. The summed E-state index contributed by atoms with van der Waals surface area (Å²) in [4.78, 5) is 67.0. The van der Waals surface area contributed by atoms with Gasteiger partial charge in [-0.05, 0) is 82.0 Å². The molecule has 3 amide bonds. The second kappa shape index (κ2) is 18.6. The Bertz CT molecular complexity index is 1810. The quantitative estimate of drug-likeness (QED) is 0.0832. The molecule has 5 rings (SSSR count). The Morgan fingerprint density at radius 2 is 1.65 bits per heavy atom. The molecule has 0 aliphatic carbocycles. The number of carbonyl (C=O) groups excluding carboxylic acids is 5. The number of halogens is 1. The summed E-state index contributed by atoms with van der Waals surface area (Å²) in [5.74, 6) is -2.04. The van der Waals surface area contributed by atoms with Gasteiger partial charge in [0.05, 0.1) is 30.5 Å². The van der Waals surface area contributed by atoms with Crippen molar-refractivity contribution in [2.75, 3.05) is 54.5 Å². The first-order valence-corrected chi connectivity index (χ1v) is 18.4. The largest absolute Gasteiger partial charge is 0.455 e. The van der Waals surface area contributed by atoms with Gasteiger partial charge in [0, 0.05) is 38.3 Å². The van der Waals surface area contributed by atoms with Gasteiger partial charge in [-0.2, -0.15) is 0 Å². The van der Waals surface area contributed by atoms with E-state index in [0.717, 1.165) is 11.1 Å². The molecule has 55 heavy (non-hydrogen) atoms. The van der Waals surface area contributed by atoms with Gasteiger partial charge in [-0.25, -0.2) is 24.2 Å². The van der Waals surface area contributed by atoms with Crippen molar-refractivity contribution < 1.29 is 42.6 Å². The maximum Gasteiger partial charge on any atom is 0.414 e. The number of anilines is 3. The summed E-state index contributed by atoms with van der Waals surface area (Å²) in [5.41, 5.74) is 8.41. The van der Waals surface area contributed by atoms with Crippen LogP contribution in [0.5, 0.6) is 0 Å². The number of hydrogen-bond acceptors (Lipinski definition) is 11. The molecule has 2 saturated heterocycles. The Labute approximate surface area is 320 Å². The zero-order chi connectivity index (χ0) is 39.5. The zero-order valence-corrected chi connectivity index (χ0v) is 31.6. The highest BCUT2D eigenvalue weighted by Crippen LogP contribution is 2.29. The average Bonchev–Trinajstić information content (AvgIpc) is 3.55. The van der Waals surface area contributed by atoms with E-state index in [0.29, 0.717) is 62.5 Å². The van der Waals surface area contributed by atoms with Crippen LogP contribution < -0.4 is 26.0 Å². The Morgan fingerprint density at radius 3 is 2.33 bits per heavy atom. The number of carbonyl (C=O) groups is 5. The predicted octanol–water partition coefficient (Wildman–Crippen LogP) is 4.96. The lowest BCUT2D eigenvalue weighted by Gasteiger charge is -2.36. The highest BCUT2D eigenvalue weighted by atomic mass is 19.1. The number of aryl methyl sites for hydroxylation is 1. The third-order valence-electron chi connectivity index (χ3n) is 9.01. The van der Waals surface area contributed by atoms with Crippen LogP contribution >= 0.6 is 0 Å². The van der Waals surface area contributed by atoms with Gasteiger partial charge < -0.3 is 34.8 Å². The van der Waals surface area contributed by atoms with Crippen LogP contribution in [0.15, 0.2) is 72.8 Å². The SMILES string of the molecule is C[C@H](NNc1ccc(CCCC(=O)N2CCN(c3ccc(N4C[C@H](CNC(=O)OC(C)(C)C)OC4=O)cc3F)CC2)cc1)C(=O)C(=O)OCc1ccccc1. The molecule has 294 valence electrons. The van der Waals surface area contributed by atoms with Gasteiger partial charge in [-0.15, -0.1) is 0 Å². The van der Waals surface area contributed by atoms with Crippen LogP contribution in [0.1, 0.15) is 51.7 Å². The Balaban J connectivity index is 0.987. The lowest BCUT2D eigenvalue weighted by molar-refractivity contribution is -0.155. The number of esters is 1. The summed E-state index contributed by atoms with van der Waals surface area (Å²) in [6, 6.07) is 20.5. The van der Waals surface area contributed by atoms with Crippen LogP contribution in [0.2, 0.25) is 0 Å². The molecule has 0 unspecified atom stereocenters. The molecular weight excluding hydrogens is 711 g/mol. The first kappa shape index (κ1) is 40.5. The van der Waals surface area contributed by atoms with E-state index in [1.165, 1.54) is 11.0 Å². The van der Waals surface area contributed by atoms with Crippen molar-refractivity contribution in [3.8, 4) is 0 Å². The van der Waals surface area contributed by atoms with Crippen molar-refractivity contribution in [2.24, 2.45) is 0 Å². The molecule has 0 aromatic heterocycles. The van der Waals surface area contributed by atoms with Crippen molar-refractivity contribution in [3.63, 3.8) is 0 Å². The number of amides is 3. The molecule has 14 nitrogen and oxygen atoms in total.